The predicted octanol–water partition coefficient (Wildman–Crippen LogP) is 12.2. The van der Waals surface area contributed by atoms with Gasteiger partial charge in [-0.15, -0.1) is 0 Å². The van der Waals surface area contributed by atoms with Crippen molar-refractivity contribution in [1.82, 2.24) is 5.32 Å². The molecule has 1 heterocycles. The number of esters is 1. The van der Waals surface area contributed by atoms with Crippen molar-refractivity contribution in [2.24, 2.45) is 0 Å². The van der Waals surface area contributed by atoms with Crippen LogP contribution in [0.1, 0.15) is 232 Å². The van der Waals surface area contributed by atoms with Crippen molar-refractivity contribution >= 4 is 17.8 Å². The second-order valence-corrected chi connectivity index (χ2v) is 14.8. The lowest BCUT2D eigenvalue weighted by Gasteiger charge is -2.30. The van der Waals surface area contributed by atoms with Gasteiger partial charge in [-0.1, -0.05) is 194 Å². The van der Waals surface area contributed by atoms with E-state index in [4.69, 9.17) is 4.74 Å². The van der Waals surface area contributed by atoms with Crippen LogP contribution in [0.15, 0.2) is 0 Å². The number of carbonyl (C=O) groups is 3. The molecule has 6 heteroatoms. The molecule has 2 unspecified atom stereocenters. The Bertz CT molecular complexity index is 771. The summed E-state index contributed by atoms with van der Waals surface area (Å²) < 4.78 is 5.82. The molecule has 1 amide bonds. The van der Waals surface area contributed by atoms with Crippen molar-refractivity contribution in [2.75, 3.05) is 0 Å². The fraction of sp³-hybridized carbons (Fsp3) is 0.927. The number of carboxylic acids is 1. The smallest absolute Gasteiger partial charge is 0.348 e. The average molecular weight is 664 g/mol. The highest BCUT2D eigenvalue weighted by atomic mass is 16.6. The van der Waals surface area contributed by atoms with Crippen molar-refractivity contribution in [3.05, 3.63) is 0 Å². The number of ether oxygens (including phenoxy) is 1. The fourth-order valence-electron chi connectivity index (χ4n) is 7.10. The zero-order chi connectivity index (χ0) is 34.3. The molecule has 2 atom stereocenters. The number of rotatable bonds is 35. The van der Waals surface area contributed by atoms with E-state index in [-0.39, 0.29) is 12.3 Å². The molecule has 0 spiro atoms. The topological polar surface area (TPSA) is 92.7 Å². The Morgan fingerprint density at radius 3 is 1.13 bits per heavy atom. The lowest BCUT2D eigenvalue weighted by Crippen LogP contribution is -2.47. The predicted molar refractivity (Wildman–Crippen MR) is 197 cm³/mol. The molecule has 1 aliphatic rings. The molecule has 1 saturated heterocycles. The van der Waals surface area contributed by atoms with E-state index in [1.807, 2.05) is 0 Å². The van der Waals surface area contributed by atoms with Gasteiger partial charge < -0.3 is 15.2 Å². The van der Waals surface area contributed by atoms with Crippen molar-refractivity contribution in [1.29, 1.82) is 0 Å². The van der Waals surface area contributed by atoms with E-state index in [9.17, 15) is 19.5 Å². The van der Waals surface area contributed by atoms with Crippen LogP contribution in [0, 0.1) is 0 Å². The van der Waals surface area contributed by atoms with Gasteiger partial charge in [0.25, 0.3) is 0 Å². The lowest BCUT2D eigenvalue weighted by molar-refractivity contribution is -0.182. The van der Waals surface area contributed by atoms with Gasteiger partial charge in [-0.2, -0.15) is 0 Å². The molecule has 0 aromatic carbocycles. The monoisotopic (exact) mass is 664 g/mol. The Kier molecular flexibility index (Phi) is 28.2. The highest BCUT2D eigenvalue weighted by molar-refractivity contribution is 5.90. The summed E-state index contributed by atoms with van der Waals surface area (Å²) in [6.07, 6.45) is 39.0. The summed E-state index contributed by atoms with van der Waals surface area (Å²) in [5, 5.41) is 13.0. The summed E-state index contributed by atoms with van der Waals surface area (Å²) in [5.41, 5.74) is -1.49. The summed E-state index contributed by atoms with van der Waals surface area (Å²) in [4.78, 5) is 37.2. The van der Waals surface area contributed by atoms with Crippen LogP contribution in [0.5, 0.6) is 0 Å². The Hall–Kier alpha value is -1.59. The van der Waals surface area contributed by atoms with Crippen LogP contribution in [0.25, 0.3) is 0 Å². The normalized spacial score (nSPS) is 15.9. The highest BCUT2D eigenvalue weighted by Crippen LogP contribution is 2.30. The number of hydrogen-bond acceptors (Lipinski definition) is 4. The van der Waals surface area contributed by atoms with Crippen LogP contribution in [-0.2, 0) is 19.1 Å². The minimum Gasteiger partial charge on any atom is -0.478 e. The molecule has 47 heavy (non-hydrogen) atoms. The molecule has 6 nitrogen and oxygen atoms in total. The van der Waals surface area contributed by atoms with Crippen LogP contribution in [0.4, 0.5) is 0 Å². The number of nitrogens with one attached hydrogen (secondary N) is 1. The van der Waals surface area contributed by atoms with E-state index in [1.165, 1.54) is 154 Å². The molecule has 2 N–H and O–H groups in total. The zero-order valence-electron chi connectivity index (χ0n) is 31.2. The SMILES string of the molecule is CCCCCCCCCCCCCCCCCCC(CCCCCCCCCCCCCCCC)(OC(=O)C1CCC(=O)N1)C(=O)O. The second-order valence-electron chi connectivity index (χ2n) is 14.8. The molecule has 0 radical (unpaired) electrons. The molecule has 276 valence electrons. The Morgan fingerprint density at radius 1 is 0.574 bits per heavy atom. The van der Waals surface area contributed by atoms with E-state index in [2.05, 4.69) is 19.2 Å². The first-order valence-corrected chi connectivity index (χ1v) is 20.7. The number of carbonyl (C=O) groups excluding carboxylic acids is 2. The minimum absolute atomic E-state index is 0.169. The van der Waals surface area contributed by atoms with Gasteiger partial charge >= 0.3 is 11.9 Å². The molecule has 1 fully saturated rings. The van der Waals surface area contributed by atoms with Crippen LogP contribution < -0.4 is 5.32 Å². The van der Waals surface area contributed by atoms with Crippen LogP contribution >= 0.6 is 0 Å². The van der Waals surface area contributed by atoms with Crippen molar-refractivity contribution in [3.8, 4) is 0 Å². The van der Waals surface area contributed by atoms with Gasteiger partial charge in [-0.3, -0.25) is 4.79 Å². The number of hydrogen-bond donors (Lipinski definition) is 2. The molecule has 1 aliphatic heterocycles. The van der Waals surface area contributed by atoms with Gasteiger partial charge in [0.05, 0.1) is 0 Å². The first-order chi connectivity index (χ1) is 22.9. The van der Waals surface area contributed by atoms with E-state index in [0.29, 0.717) is 19.3 Å². The first kappa shape index (κ1) is 43.4. The van der Waals surface area contributed by atoms with Gasteiger partial charge in [0.2, 0.25) is 11.5 Å². The summed E-state index contributed by atoms with van der Waals surface area (Å²) >= 11 is 0. The second kappa shape index (κ2) is 30.5. The quantitative estimate of drug-likeness (QED) is 0.0520. The molecule has 0 aliphatic carbocycles. The molecular formula is C41H77NO5. The van der Waals surface area contributed by atoms with Crippen LogP contribution in [0.2, 0.25) is 0 Å². The molecule has 0 saturated carbocycles. The third-order valence-corrected chi connectivity index (χ3v) is 10.3. The number of unbranched alkanes of at least 4 members (excludes halogenated alkanes) is 28. The van der Waals surface area contributed by atoms with Crippen LogP contribution in [0.3, 0.4) is 0 Å². The standard InChI is InChI=1S/C41H77NO5/c1-3-5-7-9-11-13-15-17-19-20-22-24-26-28-30-32-36-41(40(45)46,47-39(44)37-33-34-38(43)42-37)35-31-29-27-25-23-21-18-16-14-12-10-8-6-4-2/h37H,3-36H2,1-2H3,(H,42,43)(H,45,46). The average Bonchev–Trinajstić information content (AvgIpc) is 3.50. The molecule has 1 rings (SSSR count). The van der Waals surface area contributed by atoms with Crippen molar-refractivity contribution in [2.45, 2.75) is 244 Å². The maximum Gasteiger partial charge on any atom is 0.348 e. The Labute approximate surface area is 290 Å². The van der Waals surface area contributed by atoms with Crippen molar-refractivity contribution < 1.29 is 24.2 Å². The third kappa shape index (κ3) is 23.4. The summed E-state index contributed by atoms with van der Waals surface area (Å²) in [5.74, 6) is -1.79. The third-order valence-electron chi connectivity index (χ3n) is 10.3. The Balaban J connectivity index is 2.29. The molecule has 0 aromatic rings. The number of aliphatic carboxylic acids is 1. The fourth-order valence-corrected chi connectivity index (χ4v) is 7.10. The van der Waals surface area contributed by atoms with Gasteiger partial charge in [0.1, 0.15) is 6.04 Å². The van der Waals surface area contributed by atoms with E-state index in [1.54, 1.807) is 0 Å². The van der Waals surface area contributed by atoms with E-state index in [0.717, 1.165) is 38.5 Å². The van der Waals surface area contributed by atoms with Gasteiger partial charge in [-0.25, -0.2) is 9.59 Å². The summed E-state index contributed by atoms with van der Waals surface area (Å²) in [7, 11) is 0. The summed E-state index contributed by atoms with van der Waals surface area (Å²) in [6, 6.07) is -0.719. The Morgan fingerprint density at radius 2 is 0.872 bits per heavy atom. The van der Waals surface area contributed by atoms with E-state index < -0.39 is 23.6 Å². The lowest BCUT2D eigenvalue weighted by atomic mass is 9.89. The van der Waals surface area contributed by atoms with Crippen LogP contribution in [-0.4, -0.2) is 34.6 Å². The maximum absolute atomic E-state index is 12.9. The minimum atomic E-state index is -1.49. The van der Waals surface area contributed by atoms with Gasteiger partial charge in [0, 0.05) is 6.42 Å². The first-order valence-electron chi connectivity index (χ1n) is 20.7. The zero-order valence-corrected chi connectivity index (χ0v) is 31.2. The van der Waals surface area contributed by atoms with Crippen molar-refractivity contribution in [3.63, 3.8) is 0 Å². The van der Waals surface area contributed by atoms with Gasteiger partial charge in [0.15, 0.2) is 0 Å². The summed E-state index contributed by atoms with van der Waals surface area (Å²) in [6.45, 7) is 4.53. The number of amides is 1. The largest absolute Gasteiger partial charge is 0.478 e. The maximum atomic E-state index is 12.9. The molecule has 0 aromatic heterocycles. The van der Waals surface area contributed by atoms with E-state index >= 15 is 0 Å². The highest BCUT2D eigenvalue weighted by Gasteiger charge is 2.43. The molecule has 0 bridgehead atoms. The van der Waals surface area contributed by atoms with Gasteiger partial charge in [-0.05, 0) is 32.1 Å². The number of carboxylic acid groups (broad SMARTS) is 1. The molecular weight excluding hydrogens is 586 g/mol.